The van der Waals surface area contributed by atoms with Gasteiger partial charge >= 0.3 is 0 Å². The Kier molecular flexibility index (Phi) is 6.11. The zero-order chi connectivity index (χ0) is 13.6. The van der Waals surface area contributed by atoms with Crippen molar-refractivity contribution >= 4 is 0 Å². The van der Waals surface area contributed by atoms with Crippen molar-refractivity contribution in [2.45, 2.75) is 63.9 Å². The van der Waals surface area contributed by atoms with Crippen LogP contribution < -0.4 is 5.32 Å². The number of aliphatic hydroxyl groups is 1. The van der Waals surface area contributed by atoms with Gasteiger partial charge in [0.1, 0.15) is 0 Å². The Balaban J connectivity index is 1.73. The number of rotatable bonds is 6. The normalized spacial score (nSPS) is 28.4. The molecule has 1 atom stereocenters. The highest BCUT2D eigenvalue weighted by molar-refractivity contribution is 4.87. The molecule has 0 aromatic heterocycles. The second-order valence-corrected chi connectivity index (χ2v) is 6.73. The average Bonchev–Trinajstić information content (AvgIpc) is 2.40. The van der Waals surface area contributed by atoms with Crippen molar-refractivity contribution in [2.24, 2.45) is 5.92 Å². The number of hydrogen-bond acceptors (Lipinski definition) is 3. The van der Waals surface area contributed by atoms with Gasteiger partial charge in [0.05, 0.1) is 5.60 Å². The Bertz CT molecular complexity index is 251. The standard InChI is InChI=1S/C16H32N2O/c1-2-10-17-12-15-7-6-11-18(13-15)14-16(19)8-4-3-5-9-16/h15,17,19H,2-14H2,1H3. The highest BCUT2D eigenvalue weighted by Gasteiger charge is 2.32. The molecule has 0 amide bonds. The van der Waals surface area contributed by atoms with Gasteiger partial charge < -0.3 is 15.3 Å². The zero-order valence-corrected chi connectivity index (χ0v) is 12.7. The van der Waals surface area contributed by atoms with Crippen molar-refractivity contribution < 1.29 is 5.11 Å². The predicted octanol–water partition coefficient (Wildman–Crippen LogP) is 2.39. The van der Waals surface area contributed by atoms with Crippen molar-refractivity contribution in [1.82, 2.24) is 10.2 Å². The van der Waals surface area contributed by atoms with Gasteiger partial charge in [-0.15, -0.1) is 0 Å². The minimum Gasteiger partial charge on any atom is -0.389 e. The molecule has 0 radical (unpaired) electrons. The van der Waals surface area contributed by atoms with Crippen molar-refractivity contribution in [3.63, 3.8) is 0 Å². The summed E-state index contributed by atoms with van der Waals surface area (Å²) in [5.41, 5.74) is -0.378. The lowest BCUT2D eigenvalue weighted by Crippen LogP contribution is -2.49. The third-order valence-corrected chi connectivity index (χ3v) is 4.77. The number of hydrogen-bond donors (Lipinski definition) is 2. The van der Waals surface area contributed by atoms with Crippen LogP contribution in [0.5, 0.6) is 0 Å². The van der Waals surface area contributed by atoms with E-state index < -0.39 is 0 Å². The van der Waals surface area contributed by atoms with E-state index in [1.54, 1.807) is 0 Å². The Labute approximate surface area is 118 Å². The number of piperidine rings is 1. The van der Waals surface area contributed by atoms with Gasteiger partial charge in [-0.25, -0.2) is 0 Å². The molecule has 3 heteroatoms. The van der Waals surface area contributed by atoms with Crippen LogP contribution in [0.15, 0.2) is 0 Å². The first kappa shape index (κ1) is 15.3. The van der Waals surface area contributed by atoms with Crippen molar-refractivity contribution in [2.75, 3.05) is 32.7 Å². The third kappa shape index (κ3) is 5.05. The summed E-state index contributed by atoms with van der Waals surface area (Å²) in [6, 6.07) is 0. The summed E-state index contributed by atoms with van der Waals surface area (Å²) in [7, 11) is 0. The van der Waals surface area contributed by atoms with E-state index in [1.165, 1.54) is 51.6 Å². The maximum Gasteiger partial charge on any atom is 0.0774 e. The second kappa shape index (κ2) is 7.61. The molecule has 3 nitrogen and oxygen atoms in total. The van der Waals surface area contributed by atoms with Crippen LogP contribution in [-0.2, 0) is 0 Å². The quantitative estimate of drug-likeness (QED) is 0.726. The molecule has 2 rings (SSSR count). The Hall–Kier alpha value is -0.120. The molecular weight excluding hydrogens is 236 g/mol. The largest absolute Gasteiger partial charge is 0.389 e. The van der Waals surface area contributed by atoms with Crippen LogP contribution in [0.1, 0.15) is 58.3 Å². The summed E-state index contributed by atoms with van der Waals surface area (Å²) in [5, 5.41) is 14.2. The van der Waals surface area contributed by atoms with Crippen molar-refractivity contribution in [1.29, 1.82) is 0 Å². The Morgan fingerprint density at radius 3 is 2.74 bits per heavy atom. The molecule has 1 saturated carbocycles. The van der Waals surface area contributed by atoms with E-state index in [-0.39, 0.29) is 5.60 Å². The number of β-amino-alcohol motifs (C(OH)–C–C–N with tert-alkyl or cyclic N) is 1. The molecule has 0 aromatic rings. The fraction of sp³-hybridized carbons (Fsp3) is 1.00. The van der Waals surface area contributed by atoms with Gasteiger partial charge in [-0.2, -0.15) is 0 Å². The molecule has 1 unspecified atom stereocenters. The minimum atomic E-state index is -0.378. The van der Waals surface area contributed by atoms with Gasteiger partial charge in [-0.1, -0.05) is 26.2 Å². The van der Waals surface area contributed by atoms with Crippen molar-refractivity contribution in [3.05, 3.63) is 0 Å². The van der Waals surface area contributed by atoms with Crippen LogP contribution in [-0.4, -0.2) is 48.3 Å². The molecule has 0 spiro atoms. The molecule has 2 N–H and O–H groups in total. The molecule has 112 valence electrons. The van der Waals surface area contributed by atoms with Crippen LogP contribution in [0.3, 0.4) is 0 Å². The van der Waals surface area contributed by atoms with Gasteiger partial charge in [0, 0.05) is 13.1 Å². The summed E-state index contributed by atoms with van der Waals surface area (Å²) in [4.78, 5) is 2.52. The first-order chi connectivity index (χ1) is 9.22. The first-order valence-corrected chi connectivity index (χ1v) is 8.37. The summed E-state index contributed by atoms with van der Waals surface area (Å²) in [6.45, 7) is 7.80. The molecule has 2 aliphatic rings. The molecule has 1 aliphatic carbocycles. The van der Waals surface area contributed by atoms with Gasteiger partial charge in [0.15, 0.2) is 0 Å². The van der Waals surface area contributed by atoms with Crippen LogP contribution in [0.25, 0.3) is 0 Å². The Morgan fingerprint density at radius 2 is 2.00 bits per heavy atom. The highest BCUT2D eigenvalue weighted by atomic mass is 16.3. The SMILES string of the molecule is CCCNCC1CCCN(CC2(O)CCCCC2)C1. The third-order valence-electron chi connectivity index (χ3n) is 4.77. The molecule has 1 aliphatic heterocycles. The van der Waals surface area contributed by atoms with Crippen LogP contribution in [0, 0.1) is 5.92 Å². The predicted molar refractivity (Wildman–Crippen MR) is 80.4 cm³/mol. The molecule has 2 fully saturated rings. The summed E-state index contributed by atoms with van der Waals surface area (Å²) in [6.07, 6.45) is 9.64. The van der Waals surface area contributed by atoms with E-state index in [9.17, 15) is 5.11 Å². The van der Waals surface area contributed by atoms with E-state index in [1.807, 2.05) is 0 Å². The van der Waals surface area contributed by atoms with Crippen LogP contribution >= 0.6 is 0 Å². The molecule has 0 aromatic carbocycles. The lowest BCUT2D eigenvalue weighted by Gasteiger charge is -2.40. The smallest absolute Gasteiger partial charge is 0.0774 e. The minimum absolute atomic E-state index is 0.378. The van der Waals surface area contributed by atoms with Crippen molar-refractivity contribution in [3.8, 4) is 0 Å². The topological polar surface area (TPSA) is 35.5 Å². The van der Waals surface area contributed by atoms with Gasteiger partial charge in [0.2, 0.25) is 0 Å². The lowest BCUT2D eigenvalue weighted by molar-refractivity contribution is -0.0342. The fourth-order valence-electron chi connectivity index (χ4n) is 3.73. The monoisotopic (exact) mass is 268 g/mol. The zero-order valence-electron chi connectivity index (χ0n) is 12.7. The van der Waals surface area contributed by atoms with Crippen LogP contribution in [0.2, 0.25) is 0 Å². The van der Waals surface area contributed by atoms with E-state index in [4.69, 9.17) is 0 Å². The molecule has 1 saturated heterocycles. The van der Waals surface area contributed by atoms with Gasteiger partial charge in [-0.05, 0) is 57.7 Å². The van der Waals surface area contributed by atoms with E-state index >= 15 is 0 Å². The number of likely N-dealkylation sites (tertiary alicyclic amines) is 1. The van der Waals surface area contributed by atoms with E-state index in [2.05, 4.69) is 17.1 Å². The summed E-state index contributed by atoms with van der Waals surface area (Å²) < 4.78 is 0. The number of nitrogens with one attached hydrogen (secondary N) is 1. The molecular formula is C16H32N2O. The number of nitrogens with zero attached hydrogens (tertiary/aromatic N) is 1. The van der Waals surface area contributed by atoms with Gasteiger partial charge in [-0.3, -0.25) is 0 Å². The lowest BCUT2D eigenvalue weighted by atomic mass is 9.84. The van der Waals surface area contributed by atoms with E-state index in [0.29, 0.717) is 0 Å². The fourth-order valence-corrected chi connectivity index (χ4v) is 3.73. The van der Waals surface area contributed by atoms with E-state index in [0.717, 1.165) is 38.4 Å². The second-order valence-electron chi connectivity index (χ2n) is 6.73. The first-order valence-electron chi connectivity index (χ1n) is 8.37. The maximum atomic E-state index is 10.7. The van der Waals surface area contributed by atoms with Gasteiger partial charge in [0.25, 0.3) is 0 Å². The summed E-state index contributed by atoms with van der Waals surface area (Å²) in [5.74, 6) is 0.785. The highest BCUT2D eigenvalue weighted by Crippen LogP contribution is 2.30. The summed E-state index contributed by atoms with van der Waals surface area (Å²) >= 11 is 0. The molecule has 0 bridgehead atoms. The maximum absolute atomic E-state index is 10.7. The molecule has 1 heterocycles. The Morgan fingerprint density at radius 1 is 1.21 bits per heavy atom. The average molecular weight is 268 g/mol. The molecule has 19 heavy (non-hydrogen) atoms. The van der Waals surface area contributed by atoms with Crippen LogP contribution in [0.4, 0.5) is 0 Å².